The molecule has 2 N–H and O–H groups in total. The van der Waals surface area contributed by atoms with Gasteiger partial charge >= 0.3 is 5.97 Å². The van der Waals surface area contributed by atoms with E-state index in [0.717, 1.165) is 11.1 Å². The molecule has 0 aliphatic carbocycles. The van der Waals surface area contributed by atoms with E-state index in [2.05, 4.69) is 11.4 Å². The molecule has 0 aliphatic heterocycles. The van der Waals surface area contributed by atoms with Crippen molar-refractivity contribution in [1.82, 2.24) is 5.32 Å². The zero-order valence-electron chi connectivity index (χ0n) is 11.2. The van der Waals surface area contributed by atoms with Crippen molar-refractivity contribution in [3.05, 3.63) is 34.9 Å². The van der Waals surface area contributed by atoms with Crippen LogP contribution in [0.2, 0.25) is 0 Å². The number of carboxylic acid groups (broad SMARTS) is 1. The van der Waals surface area contributed by atoms with Gasteiger partial charge in [-0.05, 0) is 45.9 Å². The molecule has 0 saturated carbocycles. The van der Waals surface area contributed by atoms with Crippen molar-refractivity contribution in [3.63, 3.8) is 0 Å². The topological polar surface area (TPSA) is 49.3 Å². The van der Waals surface area contributed by atoms with Crippen LogP contribution in [0.5, 0.6) is 0 Å². The van der Waals surface area contributed by atoms with Crippen LogP contribution in [0.15, 0.2) is 18.2 Å². The standard InChI is InChI=1S/C14H21NO2/c1-9-6-7-11(10(2)8-9)12(15-5)14(3,4)13(16)17/h6-8,12,15H,1-5H3,(H,16,17). The zero-order valence-corrected chi connectivity index (χ0v) is 11.2. The molecule has 0 spiro atoms. The van der Waals surface area contributed by atoms with Crippen molar-refractivity contribution in [2.24, 2.45) is 5.41 Å². The first kappa shape index (κ1) is 13.7. The summed E-state index contributed by atoms with van der Waals surface area (Å²) in [4.78, 5) is 11.3. The van der Waals surface area contributed by atoms with Crippen LogP contribution in [0, 0.1) is 19.3 Å². The summed E-state index contributed by atoms with van der Waals surface area (Å²) >= 11 is 0. The molecule has 1 atom stereocenters. The zero-order chi connectivity index (χ0) is 13.2. The van der Waals surface area contributed by atoms with E-state index in [1.54, 1.807) is 20.9 Å². The van der Waals surface area contributed by atoms with Gasteiger partial charge in [0.2, 0.25) is 0 Å². The van der Waals surface area contributed by atoms with Gasteiger partial charge in [0.15, 0.2) is 0 Å². The van der Waals surface area contributed by atoms with Gasteiger partial charge < -0.3 is 10.4 Å². The Bertz CT molecular complexity index is 424. The first-order valence-electron chi connectivity index (χ1n) is 5.78. The van der Waals surface area contributed by atoms with Crippen molar-refractivity contribution in [1.29, 1.82) is 0 Å². The minimum Gasteiger partial charge on any atom is -0.481 e. The van der Waals surface area contributed by atoms with Gasteiger partial charge in [0.1, 0.15) is 0 Å². The highest BCUT2D eigenvalue weighted by Crippen LogP contribution is 2.35. The molecule has 1 aromatic carbocycles. The monoisotopic (exact) mass is 235 g/mol. The van der Waals surface area contributed by atoms with Crippen molar-refractivity contribution in [2.45, 2.75) is 33.7 Å². The number of aryl methyl sites for hydroxylation is 2. The lowest BCUT2D eigenvalue weighted by Crippen LogP contribution is -2.38. The molecule has 0 aliphatic rings. The first-order chi connectivity index (χ1) is 7.80. The second-order valence-corrected chi connectivity index (χ2v) is 5.11. The van der Waals surface area contributed by atoms with E-state index in [9.17, 15) is 9.90 Å². The fourth-order valence-corrected chi connectivity index (χ4v) is 2.18. The van der Waals surface area contributed by atoms with Crippen LogP contribution in [0.3, 0.4) is 0 Å². The van der Waals surface area contributed by atoms with Crippen LogP contribution in [0.1, 0.15) is 36.6 Å². The Kier molecular flexibility index (Phi) is 3.94. The summed E-state index contributed by atoms with van der Waals surface area (Å²) in [6, 6.07) is 5.92. The Morgan fingerprint density at radius 1 is 1.35 bits per heavy atom. The largest absolute Gasteiger partial charge is 0.481 e. The normalized spacial score (nSPS) is 13.5. The third kappa shape index (κ3) is 2.67. The number of hydrogen-bond donors (Lipinski definition) is 2. The van der Waals surface area contributed by atoms with Gasteiger partial charge in [-0.3, -0.25) is 4.79 Å². The van der Waals surface area contributed by atoms with E-state index in [4.69, 9.17) is 0 Å². The highest BCUT2D eigenvalue weighted by molar-refractivity contribution is 5.75. The molecule has 1 rings (SSSR count). The molecule has 3 nitrogen and oxygen atoms in total. The van der Waals surface area contributed by atoms with E-state index >= 15 is 0 Å². The number of carbonyl (C=O) groups is 1. The fraction of sp³-hybridized carbons (Fsp3) is 0.500. The summed E-state index contributed by atoms with van der Waals surface area (Å²) in [5, 5.41) is 12.4. The minimum atomic E-state index is -0.839. The van der Waals surface area contributed by atoms with Gasteiger partial charge in [0.25, 0.3) is 0 Å². The Hall–Kier alpha value is -1.35. The van der Waals surface area contributed by atoms with Crippen LogP contribution in [-0.4, -0.2) is 18.1 Å². The minimum absolute atomic E-state index is 0.194. The van der Waals surface area contributed by atoms with Crippen LogP contribution in [0.4, 0.5) is 0 Å². The number of carboxylic acids is 1. The number of aliphatic carboxylic acids is 1. The molecular weight excluding hydrogens is 214 g/mol. The van der Waals surface area contributed by atoms with Crippen molar-refractivity contribution in [2.75, 3.05) is 7.05 Å². The second-order valence-electron chi connectivity index (χ2n) is 5.11. The van der Waals surface area contributed by atoms with Crippen molar-refractivity contribution in [3.8, 4) is 0 Å². The maximum Gasteiger partial charge on any atom is 0.311 e. The Morgan fingerprint density at radius 3 is 2.35 bits per heavy atom. The third-order valence-electron chi connectivity index (χ3n) is 3.30. The summed E-state index contributed by atoms with van der Waals surface area (Å²) < 4.78 is 0. The predicted octanol–water partition coefficient (Wildman–Crippen LogP) is 2.67. The first-order valence-corrected chi connectivity index (χ1v) is 5.78. The molecule has 94 valence electrons. The predicted molar refractivity (Wildman–Crippen MR) is 69.1 cm³/mol. The molecule has 0 saturated heterocycles. The molecule has 0 fully saturated rings. The average Bonchev–Trinajstić information content (AvgIpc) is 2.21. The quantitative estimate of drug-likeness (QED) is 0.843. The van der Waals surface area contributed by atoms with Gasteiger partial charge in [0, 0.05) is 6.04 Å². The molecule has 0 radical (unpaired) electrons. The summed E-state index contributed by atoms with van der Waals surface area (Å²) in [6.07, 6.45) is 0. The molecular formula is C14H21NO2. The SMILES string of the molecule is CNC(c1ccc(C)cc1C)C(C)(C)C(=O)O. The third-order valence-corrected chi connectivity index (χ3v) is 3.30. The van der Waals surface area contributed by atoms with E-state index < -0.39 is 11.4 Å². The summed E-state index contributed by atoms with van der Waals surface area (Å²) in [5.74, 6) is -0.795. The highest BCUT2D eigenvalue weighted by Gasteiger charge is 2.37. The fourth-order valence-electron chi connectivity index (χ4n) is 2.18. The smallest absolute Gasteiger partial charge is 0.311 e. The molecule has 0 aromatic heterocycles. The Balaban J connectivity index is 3.23. The molecule has 0 heterocycles. The van der Waals surface area contributed by atoms with Gasteiger partial charge in [-0.15, -0.1) is 0 Å². The summed E-state index contributed by atoms with van der Waals surface area (Å²) in [6.45, 7) is 7.55. The van der Waals surface area contributed by atoms with E-state index in [0.29, 0.717) is 0 Å². The Morgan fingerprint density at radius 2 is 1.94 bits per heavy atom. The van der Waals surface area contributed by atoms with E-state index in [1.165, 1.54) is 5.56 Å². The summed E-state index contributed by atoms with van der Waals surface area (Å²) in [7, 11) is 1.80. The van der Waals surface area contributed by atoms with Crippen molar-refractivity contribution >= 4 is 5.97 Å². The number of rotatable bonds is 4. The maximum absolute atomic E-state index is 11.3. The maximum atomic E-state index is 11.3. The van der Waals surface area contributed by atoms with Crippen LogP contribution < -0.4 is 5.32 Å². The number of nitrogens with one attached hydrogen (secondary N) is 1. The van der Waals surface area contributed by atoms with Crippen LogP contribution >= 0.6 is 0 Å². The number of benzene rings is 1. The lowest BCUT2D eigenvalue weighted by atomic mass is 9.79. The molecule has 0 bridgehead atoms. The number of hydrogen-bond acceptors (Lipinski definition) is 2. The van der Waals surface area contributed by atoms with Gasteiger partial charge in [-0.1, -0.05) is 23.8 Å². The highest BCUT2D eigenvalue weighted by atomic mass is 16.4. The molecule has 1 unspecified atom stereocenters. The molecule has 0 amide bonds. The van der Waals surface area contributed by atoms with Gasteiger partial charge in [-0.2, -0.15) is 0 Å². The lowest BCUT2D eigenvalue weighted by molar-refractivity contribution is -0.148. The average molecular weight is 235 g/mol. The van der Waals surface area contributed by atoms with E-state index in [-0.39, 0.29) is 6.04 Å². The van der Waals surface area contributed by atoms with E-state index in [1.807, 2.05) is 26.0 Å². The molecule has 3 heteroatoms. The van der Waals surface area contributed by atoms with Crippen LogP contribution in [-0.2, 0) is 4.79 Å². The Labute approximate surface area is 103 Å². The van der Waals surface area contributed by atoms with Crippen LogP contribution in [0.25, 0.3) is 0 Å². The molecule has 1 aromatic rings. The molecule has 17 heavy (non-hydrogen) atoms. The lowest BCUT2D eigenvalue weighted by Gasteiger charge is -2.31. The second kappa shape index (κ2) is 4.88. The van der Waals surface area contributed by atoms with Crippen molar-refractivity contribution < 1.29 is 9.90 Å². The summed E-state index contributed by atoms with van der Waals surface area (Å²) in [5.41, 5.74) is 2.52. The van der Waals surface area contributed by atoms with Gasteiger partial charge in [0.05, 0.1) is 5.41 Å². The van der Waals surface area contributed by atoms with Gasteiger partial charge in [-0.25, -0.2) is 0 Å².